The number of likely N-dealkylation sites (N-methyl/N-ethyl adjacent to an activating group) is 1. The number of nitro groups is 1. The number of carboxylic acid groups (broad SMARTS) is 1. The van der Waals surface area contributed by atoms with Crippen LogP contribution in [0.3, 0.4) is 0 Å². The first-order valence-electron chi connectivity index (χ1n) is 5.34. The van der Waals surface area contributed by atoms with E-state index in [1.165, 1.54) is 38.2 Å². The molecule has 8 nitrogen and oxygen atoms in total. The van der Waals surface area contributed by atoms with Crippen LogP contribution in [0.1, 0.15) is 6.92 Å². The van der Waals surface area contributed by atoms with Gasteiger partial charge in [-0.2, -0.15) is 0 Å². The standard InChI is InChI=1S/C11H13N3O5/c1-7(10(15)16)13(2)11(17)12-8-3-5-9(6-4-8)14(18)19/h3-7H,1-2H3,(H,12,17)(H,15,16). The number of non-ortho nitro benzene ring substituents is 1. The van der Waals surface area contributed by atoms with Crippen molar-refractivity contribution in [2.45, 2.75) is 13.0 Å². The molecule has 1 aromatic carbocycles. The molecule has 0 radical (unpaired) electrons. The highest BCUT2D eigenvalue weighted by atomic mass is 16.6. The topological polar surface area (TPSA) is 113 Å². The van der Waals surface area contributed by atoms with Crippen LogP contribution in [0.4, 0.5) is 16.2 Å². The van der Waals surface area contributed by atoms with Gasteiger partial charge in [-0.05, 0) is 19.1 Å². The van der Waals surface area contributed by atoms with Gasteiger partial charge in [0.2, 0.25) is 0 Å². The van der Waals surface area contributed by atoms with Gasteiger partial charge in [0.1, 0.15) is 6.04 Å². The minimum absolute atomic E-state index is 0.0924. The molecule has 0 aliphatic heterocycles. The zero-order valence-electron chi connectivity index (χ0n) is 10.4. The molecule has 102 valence electrons. The lowest BCUT2D eigenvalue weighted by molar-refractivity contribution is -0.384. The van der Waals surface area contributed by atoms with E-state index in [0.29, 0.717) is 5.69 Å². The normalized spacial score (nSPS) is 11.5. The fourth-order valence-electron chi connectivity index (χ4n) is 1.22. The molecule has 0 aromatic heterocycles. The molecular formula is C11H13N3O5. The van der Waals surface area contributed by atoms with Crippen LogP contribution in [-0.4, -0.2) is 40.0 Å². The van der Waals surface area contributed by atoms with Crippen molar-refractivity contribution in [1.82, 2.24) is 4.90 Å². The van der Waals surface area contributed by atoms with Gasteiger partial charge in [-0.1, -0.05) is 0 Å². The van der Waals surface area contributed by atoms with Crippen molar-refractivity contribution in [2.24, 2.45) is 0 Å². The number of aliphatic carboxylic acids is 1. The molecule has 1 unspecified atom stereocenters. The zero-order valence-corrected chi connectivity index (χ0v) is 10.4. The summed E-state index contributed by atoms with van der Waals surface area (Å²) < 4.78 is 0. The molecule has 8 heteroatoms. The molecule has 0 saturated heterocycles. The number of hydrogen-bond donors (Lipinski definition) is 2. The third-order valence-electron chi connectivity index (χ3n) is 2.59. The minimum atomic E-state index is -1.12. The van der Waals surface area contributed by atoms with Crippen LogP contribution < -0.4 is 5.32 Å². The maximum atomic E-state index is 11.7. The number of hydrogen-bond acceptors (Lipinski definition) is 4. The van der Waals surface area contributed by atoms with Gasteiger partial charge in [-0.3, -0.25) is 10.1 Å². The van der Waals surface area contributed by atoms with E-state index in [0.717, 1.165) is 4.90 Å². The summed E-state index contributed by atoms with van der Waals surface area (Å²) in [6, 6.07) is 3.65. The van der Waals surface area contributed by atoms with Gasteiger partial charge < -0.3 is 15.3 Å². The second-order valence-corrected chi connectivity index (χ2v) is 3.86. The van der Waals surface area contributed by atoms with E-state index < -0.39 is 23.0 Å². The lowest BCUT2D eigenvalue weighted by Gasteiger charge is -2.21. The van der Waals surface area contributed by atoms with Crippen molar-refractivity contribution >= 4 is 23.4 Å². The highest BCUT2D eigenvalue weighted by molar-refractivity contribution is 5.92. The van der Waals surface area contributed by atoms with Crippen LogP contribution in [0.25, 0.3) is 0 Å². The van der Waals surface area contributed by atoms with Gasteiger partial charge in [-0.15, -0.1) is 0 Å². The number of amides is 2. The fourth-order valence-corrected chi connectivity index (χ4v) is 1.22. The molecule has 0 heterocycles. The van der Waals surface area contributed by atoms with E-state index in [1.807, 2.05) is 0 Å². The number of nitrogens with one attached hydrogen (secondary N) is 1. The number of rotatable bonds is 4. The van der Waals surface area contributed by atoms with Crippen LogP contribution in [0.15, 0.2) is 24.3 Å². The van der Waals surface area contributed by atoms with Crippen molar-refractivity contribution in [3.63, 3.8) is 0 Å². The third kappa shape index (κ3) is 3.66. The first-order chi connectivity index (χ1) is 8.82. The Hall–Kier alpha value is -2.64. The predicted octanol–water partition coefficient (Wildman–Crippen LogP) is 1.53. The summed E-state index contributed by atoms with van der Waals surface area (Å²) in [5, 5.41) is 21.7. The lowest BCUT2D eigenvalue weighted by atomic mass is 10.3. The summed E-state index contributed by atoms with van der Waals surface area (Å²) in [4.78, 5) is 33.3. The molecule has 19 heavy (non-hydrogen) atoms. The number of carboxylic acids is 1. The number of anilines is 1. The second kappa shape index (κ2) is 5.80. The van der Waals surface area contributed by atoms with Crippen molar-refractivity contribution in [3.8, 4) is 0 Å². The monoisotopic (exact) mass is 267 g/mol. The Morgan fingerprint density at radius 2 is 1.89 bits per heavy atom. The molecule has 0 aliphatic rings. The molecule has 0 saturated carbocycles. The smallest absolute Gasteiger partial charge is 0.326 e. The third-order valence-corrected chi connectivity index (χ3v) is 2.59. The number of carbonyl (C=O) groups excluding carboxylic acids is 1. The largest absolute Gasteiger partial charge is 0.480 e. The van der Waals surface area contributed by atoms with Gasteiger partial charge in [0, 0.05) is 24.9 Å². The lowest BCUT2D eigenvalue weighted by Crippen LogP contribution is -2.42. The quantitative estimate of drug-likeness (QED) is 0.634. The van der Waals surface area contributed by atoms with Crippen molar-refractivity contribution in [2.75, 3.05) is 12.4 Å². The highest BCUT2D eigenvalue weighted by Crippen LogP contribution is 2.15. The van der Waals surface area contributed by atoms with Crippen molar-refractivity contribution in [3.05, 3.63) is 34.4 Å². The molecule has 0 aliphatic carbocycles. The first-order valence-corrected chi connectivity index (χ1v) is 5.34. The summed E-state index contributed by atoms with van der Waals surface area (Å²) in [6.45, 7) is 1.37. The Labute approximate surface area is 108 Å². The molecular weight excluding hydrogens is 254 g/mol. The first kappa shape index (κ1) is 14.4. The fraction of sp³-hybridized carbons (Fsp3) is 0.273. The summed E-state index contributed by atoms with van der Waals surface area (Å²) >= 11 is 0. The van der Waals surface area contributed by atoms with Crippen LogP contribution in [0.2, 0.25) is 0 Å². The Kier molecular flexibility index (Phi) is 4.41. The molecule has 0 fully saturated rings. The molecule has 1 aromatic rings. The molecule has 2 amide bonds. The van der Waals surface area contributed by atoms with E-state index in [9.17, 15) is 19.7 Å². The van der Waals surface area contributed by atoms with E-state index in [4.69, 9.17) is 5.11 Å². The summed E-state index contributed by atoms with van der Waals surface area (Å²) in [5.74, 6) is -1.12. The Bertz CT molecular complexity index is 500. The SMILES string of the molecule is CC(C(=O)O)N(C)C(=O)Nc1ccc([N+](=O)[O-])cc1. The molecule has 1 rings (SSSR count). The van der Waals surface area contributed by atoms with Crippen LogP contribution >= 0.6 is 0 Å². The van der Waals surface area contributed by atoms with E-state index >= 15 is 0 Å². The number of carbonyl (C=O) groups is 2. The summed E-state index contributed by atoms with van der Waals surface area (Å²) in [5.41, 5.74) is 0.255. The minimum Gasteiger partial charge on any atom is -0.480 e. The molecule has 0 spiro atoms. The van der Waals surface area contributed by atoms with E-state index in [-0.39, 0.29) is 5.69 Å². The maximum absolute atomic E-state index is 11.7. The second-order valence-electron chi connectivity index (χ2n) is 3.86. The average molecular weight is 267 g/mol. The van der Waals surface area contributed by atoms with Gasteiger partial charge >= 0.3 is 12.0 Å². The van der Waals surface area contributed by atoms with Gasteiger partial charge in [0.05, 0.1) is 4.92 Å². The van der Waals surface area contributed by atoms with Crippen LogP contribution in [0.5, 0.6) is 0 Å². The summed E-state index contributed by atoms with van der Waals surface area (Å²) in [6.07, 6.45) is 0. The maximum Gasteiger partial charge on any atom is 0.326 e. The zero-order chi connectivity index (χ0) is 14.6. The van der Waals surface area contributed by atoms with Crippen LogP contribution in [-0.2, 0) is 4.79 Å². The Morgan fingerprint density at radius 1 is 1.37 bits per heavy atom. The molecule has 0 bridgehead atoms. The molecule has 1 atom stereocenters. The van der Waals surface area contributed by atoms with Crippen LogP contribution in [0, 0.1) is 10.1 Å². The van der Waals surface area contributed by atoms with Crippen molar-refractivity contribution < 1.29 is 19.6 Å². The Balaban J connectivity index is 2.71. The van der Waals surface area contributed by atoms with Gasteiger partial charge in [0.25, 0.3) is 5.69 Å². The number of benzene rings is 1. The van der Waals surface area contributed by atoms with E-state index in [1.54, 1.807) is 0 Å². The Morgan fingerprint density at radius 3 is 2.32 bits per heavy atom. The van der Waals surface area contributed by atoms with E-state index in [2.05, 4.69) is 5.32 Å². The highest BCUT2D eigenvalue weighted by Gasteiger charge is 2.21. The van der Waals surface area contributed by atoms with Gasteiger partial charge in [-0.25, -0.2) is 9.59 Å². The number of nitrogens with zero attached hydrogens (tertiary/aromatic N) is 2. The average Bonchev–Trinajstić information content (AvgIpc) is 2.37. The number of nitro benzene ring substituents is 1. The number of urea groups is 1. The predicted molar refractivity (Wildman–Crippen MR) is 67.0 cm³/mol. The van der Waals surface area contributed by atoms with Gasteiger partial charge in [0.15, 0.2) is 0 Å². The van der Waals surface area contributed by atoms with Crippen molar-refractivity contribution in [1.29, 1.82) is 0 Å². The summed E-state index contributed by atoms with van der Waals surface area (Å²) in [7, 11) is 1.35. The molecule has 2 N–H and O–H groups in total.